The monoisotopic (exact) mass is 357 g/mol. The Morgan fingerprint density at radius 1 is 1.48 bits per heavy atom. The molecule has 1 aromatic carbocycles. The van der Waals surface area contributed by atoms with Crippen molar-refractivity contribution in [2.24, 2.45) is 5.92 Å². The van der Waals surface area contributed by atoms with Crippen molar-refractivity contribution in [2.75, 3.05) is 13.6 Å². The molecule has 3 rings (SSSR count). The SMILES string of the molecule is CN(C[C@@H]1CCc2nccn2C1)S(=O)(=O)c1cc(F)ccc1Cl. The molecule has 1 aliphatic heterocycles. The van der Waals surface area contributed by atoms with E-state index in [-0.39, 0.29) is 15.8 Å². The number of sulfonamides is 1. The van der Waals surface area contributed by atoms with Crippen molar-refractivity contribution in [3.8, 4) is 0 Å². The van der Waals surface area contributed by atoms with Crippen molar-refractivity contribution >= 4 is 21.6 Å². The Balaban J connectivity index is 1.77. The first-order valence-corrected chi connectivity index (χ1v) is 9.11. The van der Waals surface area contributed by atoms with Crippen LogP contribution in [0.4, 0.5) is 4.39 Å². The van der Waals surface area contributed by atoms with Gasteiger partial charge in [0.2, 0.25) is 10.0 Å². The van der Waals surface area contributed by atoms with Crippen LogP contribution in [0, 0.1) is 11.7 Å². The Morgan fingerprint density at radius 3 is 3.04 bits per heavy atom. The summed E-state index contributed by atoms with van der Waals surface area (Å²) in [6.07, 6.45) is 5.35. The number of aromatic nitrogens is 2. The fourth-order valence-electron chi connectivity index (χ4n) is 2.89. The number of hydrogen-bond donors (Lipinski definition) is 0. The molecular formula is C15H17ClFN3O2S. The Bertz CT molecular complexity index is 822. The van der Waals surface area contributed by atoms with Crippen molar-refractivity contribution < 1.29 is 12.8 Å². The lowest BCUT2D eigenvalue weighted by molar-refractivity contribution is 0.303. The van der Waals surface area contributed by atoms with Crippen molar-refractivity contribution in [1.29, 1.82) is 0 Å². The maximum atomic E-state index is 13.4. The van der Waals surface area contributed by atoms with Crippen molar-refractivity contribution in [1.82, 2.24) is 13.9 Å². The van der Waals surface area contributed by atoms with Crippen LogP contribution in [0.5, 0.6) is 0 Å². The Kier molecular flexibility index (Phi) is 4.44. The van der Waals surface area contributed by atoms with Crippen LogP contribution in [0.25, 0.3) is 0 Å². The summed E-state index contributed by atoms with van der Waals surface area (Å²) in [5, 5.41) is 0.0267. The molecule has 23 heavy (non-hydrogen) atoms. The average Bonchev–Trinajstić information content (AvgIpc) is 2.97. The highest BCUT2D eigenvalue weighted by molar-refractivity contribution is 7.89. The molecule has 0 unspecified atom stereocenters. The summed E-state index contributed by atoms with van der Waals surface area (Å²) in [5.41, 5.74) is 0. The van der Waals surface area contributed by atoms with Gasteiger partial charge in [-0.05, 0) is 30.5 Å². The van der Waals surface area contributed by atoms with E-state index in [1.807, 2.05) is 10.8 Å². The number of benzene rings is 1. The number of halogens is 2. The molecule has 0 aliphatic carbocycles. The molecule has 1 atom stereocenters. The molecular weight excluding hydrogens is 341 g/mol. The van der Waals surface area contributed by atoms with Gasteiger partial charge in [0, 0.05) is 39.0 Å². The van der Waals surface area contributed by atoms with Crippen LogP contribution in [0.3, 0.4) is 0 Å². The quantitative estimate of drug-likeness (QED) is 0.845. The molecule has 5 nitrogen and oxygen atoms in total. The lowest BCUT2D eigenvalue weighted by Crippen LogP contribution is -2.35. The van der Waals surface area contributed by atoms with Crippen LogP contribution in [0.15, 0.2) is 35.5 Å². The van der Waals surface area contributed by atoms with E-state index >= 15 is 0 Å². The molecule has 0 N–H and O–H groups in total. The molecule has 0 radical (unpaired) electrons. The van der Waals surface area contributed by atoms with Gasteiger partial charge in [-0.2, -0.15) is 0 Å². The normalized spacial score (nSPS) is 18.2. The molecule has 1 aliphatic rings. The zero-order valence-electron chi connectivity index (χ0n) is 12.6. The van der Waals surface area contributed by atoms with Gasteiger partial charge in [0.15, 0.2) is 0 Å². The van der Waals surface area contributed by atoms with Gasteiger partial charge in [-0.15, -0.1) is 0 Å². The van der Waals surface area contributed by atoms with Crippen LogP contribution in [-0.4, -0.2) is 35.9 Å². The standard InChI is InChI=1S/C15H17ClFN3O2S/c1-19(9-11-2-5-15-18-6-7-20(15)10-11)23(21,22)14-8-12(17)3-4-13(14)16/h3-4,6-8,11H,2,5,9-10H2,1H3/t11-/m0/s1. The van der Waals surface area contributed by atoms with Crippen molar-refractivity contribution in [2.45, 2.75) is 24.3 Å². The van der Waals surface area contributed by atoms with Gasteiger partial charge in [0.25, 0.3) is 0 Å². The molecule has 0 amide bonds. The Labute approximate surface area is 139 Å². The predicted octanol–water partition coefficient (Wildman–Crippen LogP) is 2.56. The lowest BCUT2D eigenvalue weighted by atomic mass is 10.00. The first-order chi connectivity index (χ1) is 10.9. The highest BCUT2D eigenvalue weighted by Gasteiger charge is 2.28. The third kappa shape index (κ3) is 3.27. The van der Waals surface area contributed by atoms with Gasteiger partial charge < -0.3 is 4.57 Å². The highest BCUT2D eigenvalue weighted by Crippen LogP contribution is 2.27. The third-order valence-electron chi connectivity index (χ3n) is 4.13. The minimum absolute atomic E-state index is 0.0267. The van der Waals surface area contributed by atoms with E-state index in [4.69, 9.17) is 11.6 Å². The number of hydrogen-bond acceptors (Lipinski definition) is 3. The third-order valence-corrected chi connectivity index (χ3v) is 6.43. The Morgan fingerprint density at radius 2 is 2.26 bits per heavy atom. The van der Waals surface area contributed by atoms with E-state index in [2.05, 4.69) is 4.98 Å². The van der Waals surface area contributed by atoms with Crippen LogP contribution >= 0.6 is 11.6 Å². The van der Waals surface area contributed by atoms with Gasteiger partial charge in [-0.3, -0.25) is 0 Å². The van der Waals surface area contributed by atoms with Gasteiger partial charge >= 0.3 is 0 Å². The van der Waals surface area contributed by atoms with Gasteiger partial charge in [-0.1, -0.05) is 11.6 Å². The average molecular weight is 358 g/mol. The molecule has 2 heterocycles. The van der Waals surface area contributed by atoms with Gasteiger partial charge in [0.1, 0.15) is 16.5 Å². The number of imidazole rings is 1. The van der Waals surface area contributed by atoms with E-state index in [1.54, 1.807) is 6.20 Å². The minimum atomic E-state index is -3.82. The summed E-state index contributed by atoms with van der Waals surface area (Å²) in [7, 11) is -2.32. The first-order valence-electron chi connectivity index (χ1n) is 7.29. The molecule has 8 heteroatoms. The molecule has 124 valence electrons. The maximum absolute atomic E-state index is 13.4. The summed E-state index contributed by atoms with van der Waals surface area (Å²) < 4.78 is 41.9. The van der Waals surface area contributed by atoms with E-state index in [0.29, 0.717) is 6.54 Å². The maximum Gasteiger partial charge on any atom is 0.244 e. The van der Waals surface area contributed by atoms with Crippen LogP contribution in [-0.2, 0) is 23.0 Å². The Hall–Kier alpha value is -1.44. The topological polar surface area (TPSA) is 55.2 Å². The smallest absolute Gasteiger partial charge is 0.244 e. The number of rotatable bonds is 4. The summed E-state index contributed by atoms with van der Waals surface area (Å²) >= 11 is 5.93. The summed E-state index contributed by atoms with van der Waals surface area (Å²) in [6, 6.07) is 3.36. The lowest BCUT2D eigenvalue weighted by Gasteiger charge is -2.28. The number of fused-ring (bicyclic) bond motifs is 1. The molecule has 0 fully saturated rings. The molecule has 0 saturated heterocycles. The van der Waals surface area contributed by atoms with Crippen molar-refractivity contribution in [3.05, 3.63) is 47.3 Å². The minimum Gasteiger partial charge on any atom is -0.335 e. The fourth-order valence-corrected chi connectivity index (χ4v) is 4.62. The van der Waals surface area contributed by atoms with E-state index in [9.17, 15) is 12.8 Å². The van der Waals surface area contributed by atoms with E-state index in [0.717, 1.165) is 37.3 Å². The number of nitrogens with zero attached hydrogens (tertiary/aromatic N) is 3. The predicted molar refractivity (Wildman–Crippen MR) is 85.3 cm³/mol. The zero-order chi connectivity index (χ0) is 16.6. The first kappa shape index (κ1) is 16.4. The van der Waals surface area contributed by atoms with Crippen molar-refractivity contribution in [3.63, 3.8) is 0 Å². The summed E-state index contributed by atoms with van der Waals surface area (Å²) in [6.45, 7) is 1.08. The fraction of sp³-hybridized carbons (Fsp3) is 0.400. The van der Waals surface area contributed by atoms with Crippen LogP contribution < -0.4 is 0 Å². The van der Waals surface area contributed by atoms with E-state index in [1.165, 1.54) is 17.4 Å². The van der Waals surface area contributed by atoms with Gasteiger partial charge in [0.05, 0.1) is 5.02 Å². The summed E-state index contributed by atoms with van der Waals surface area (Å²) in [5.74, 6) is 0.589. The molecule has 0 bridgehead atoms. The van der Waals surface area contributed by atoms with Crippen LogP contribution in [0.1, 0.15) is 12.2 Å². The second kappa shape index (κ2) is 6.22. The van der Waals surface area contributed by atoms with E-state index < -0.39 is 15.8 Å². The largest absolute Gasteiger partial charge is 0.335 e. The number of aryl methyl sites for hydroxylation is 1. The zero-order valence-corrected chi connectivity index (χ0v) is 14.2. The molecule has 0 saturated carbocycles. The second-order valence-electron chi connectivity index (χ2n) is 5.76. The second-order valence-corrected chi connectivity index (χ2v) is 8.18. The molecule has 0 spiro atoms. The summed E-state index contributed by atoms with van der Waals surface area (Å²) in [4.78, 5) is 4.07. The molecule has 1 aromatic heterocycles. The van der Waals surface area contributed by atoms with Crippen LogP contribution in [0.2, 0.25) is 5.02 Å². The highest BCUT2D eigenvalue weighted by atomic mass is 35.5. The van der Waals surface area contributed by atoms with Gasteiger partial charge in [-0.25, -0.2) is 22.1 Å². The molecule has 2 aromatic rings.